The minimum Gasteiger partial charge on any atom is -0.368 e. The molecule has 1 aromatic heterocycles. The zero-order valence-electron chi connectivity index (χ0n) is 13.8. The predicted molar refractivity (Wildman–Crippen MR) is 90.6 cm³/mol. The van der Waals surface area contributed by atoms with Crippen LogP contribution in [0.2, 0.25) is 0 Å². The van der Waals surface area contributed by atoms with Crippen LogP contribution in [0.4, 0.5) is 0 Å². The molecule has 4 rings (SSSR count). The zero-order chi connectivity index (χ0) is 16.4. The number of nitrogens with zero attached hydrogens (tertiary/aromatic N) is 2. The number of amides is 1. The molecule has 2 aliphatic rings. The van der Waals surface area contributed by atoms with Crippen molar-refractivity contribution in [3.05, 3.63) is 53.3 Å². The van der Waals surface area contributed by atoms with E-state index in [0.717, 1.165) is 38.6 Å². The van der Waals surface area contributed by atoms with Crippen LogP contribution in [-0.4, -0.2) is 28.4 Å². The standard InChI is InChI=1S/C19H23N3O2/c23-19(18-10-5-11-24-18)21-16-8-4-9-17-15(16)12-20-22(17)13-14-6-2-1-3-7-14/h1-3,6-7,12,16,18H,4-5,8-11,13H2,(H,21,23)/t16-,18-/m0/s1. The summed E-state index contributed by atoms with van der Waals surface area (Å²) in [4.78, 5) is 12.4. The molecule has 1 aromatic carbocycles. The van der Waals surface area contributed by atoms with Gasteiger partial charge >= 0.3 is 0 Å². The average Bonchev–Trinajstić information content (AvgIpc) is 3.27. The molecule has 126 valence electrons. The third-order valence-corrected chi connectivity index (χ3v) is 4.98. The summed E-state index contributed by atoms with van der Waals surface area (Å²) >= 11 is 0. The van der Waals surface area contributed by atoms with E-state index in [0.29, 0.717) is 6.61 Å². The van der Waals surface area contributed by atoms with E-state index in [2.05, 4.69) is 39.4 Å². The molecule has 0 bridgehead atoms. The smallest absolute Gasteiger partial charge is 0.249 e. The number of ether oxygens (including phenoxy) is 1. The predicted octanol–water partition coefficient (Wildman–Crippen LogP) is 2.60. The Morgan fingerprint density at radius 2 is 2.12 bits per heavy atom. The fourth-order valence-corrected chi connectivity index (χ4v) is 3.71. The Balaban J connectivity index is 1.50. The SMILES string of the molecule is O=C(N[C@H]1CCCc2c1cnn2Cc1ccccc1)[C@@H]1CCCO1. The second-order valence-corrected chi connectivity index (χ2v) is 6.64. The summed E-state index contributed by atoms with van der Waals surface area (Å²) in [5.74, 6) is 0.0289. The molecule has 1 fully saturated rings. The molecule has 2 heterocycles. The molecule has 1 saturated heterocycles. The first-order valence-corrected chi connectivity index (χ1v) is 8.82. The third kappa shape index (κ3) is 3.08. The van der Waals surface area contributed by atoms with Gasteiger partial charge in [0.1, 0.15) is 6.10 Å². The topological polar surface area (TPSA) is 56.2 Å². The summed E-state index contributed by atoms with van der Waals surface area (Å²) < 4.78 is 7.57. The van der Waals surface area contributed by atoms with Crippen LogP contribution in [0.5, 0.6) is 0 Å². The van der Waals surface area contributed by atoms with Crippen LogP contribution in [0, 0.1) is 0 Å². The molecule has 0 saturated carbocycles. The lowest BCUT2D eigenvalue weighted by molar-refractivity contribution is -0.130. The first-order chi connectivity index (χ1) is 11.8. The number of rotatable bonds is 4. The van der Waals surface area contributed by atoms with Gasteiger partial charge in [0.15, 0.2) is 0 Å². The fourth-order valence-electron chi connectivity index (χ4n) is 3.71. The van der Waals surface area contributed by atoms with E-state index in [1.165, 1.54) is 16.8 Å². The molecule has 2 atom stereocenters. The second-order valence-electron chi connectivity index (χ2n) is 6.64. The van der Waals surface area contributed by atoms with Gasteiger partial charge in [0.25, 0.3) is 0 Å². The van der Waals surface area contributed by atoms with Crippen molar-refractivity contribution >= 4 is 5.91 Å². The van der Waals surface area contributed by atoms with Gasteiger partial charge in [-0.2, -0.15) is 5.10 Å². The number of carbonyl (C=O) groups is 1. The Kier molecular flexibility index (Phi) is 4.34. The summed E-state index contributed by atoms with van der Waals surface area (Å²) in [7, 11) is 0. The first kappa shape index (κ1) is 15.4. The Hall–Kier alpha value is -2.14. The monoisotopic (exact) mass is 325 g/mol. The molecule has 0 unspecified atom stereocenters. The summed E-state index contributed by atoms with van der Waals surface area (Å²) in [5.41, 5.74) is 3.67. The van der Waals surface area contributed by atoms with Crippen LogP contribution in [0.25, 0.3) is 0 Å². The highest BCUT2D eigenvalue weighted by molar-refractivity contribution is 5.81. The number of carbonyl (C=O) groups excluding carboxylic acids is 1. The summed E-state index contributed by atoms with van der Waals surface area (Å²) in [6.45, 7) is 1.48. The van der Waals surface area contributed by atoms with Gasteiger partial charge in [0.05, 0.1) is 18.8 Å². The van der Waals surface area contributed by atoms with E-state index in [4.69, 9.17) is 4.74 Å². The van der Waals surface area contributed by atoms with E-state index in [1.54, 1.807) is 0 Å². The van der Waals surface area contributed by atoms with Crippen LogP contribution in [-0.2, 0) is 22.5 Å². The molecule has 5 nitrogen and oxygen atoms in total. The lowest BCUT2D eigenvalue weighted by Crippen LogP contribution is -2.38. The Labute approximate surface area is 142 Å². The Morgan fingerprint density at radius 3 is 2.92 bits per heavy atom. The molecule has 5 heteroatoms. The highest BCUT2D eigenvalue weighted by Crippen LogP contribution is 2.30. The molecule has 0 spiro atoms. The number of nitrogens with one attached hydrogen (secondary N) is 1. The molecular formula is C19H23N3O2. The van der Waals surface area contributed by atoms with Crippen molar-refractivity contribution in [2.24, 2.45) is 0 Å². The lowest BCUT2D eigenvalue weighted by atomic mass is 9.92. The van der Waals surface area contributed by atoms with Crippen LogP contribution in [0.3, 0.4) is 0 Å². The average molecular weight is 325 g/mol. The van der Waals surface area contributed by atoms with Gasteiger partial charge in [0.2, 0.25) is 5.91 Å². The maximum atomic E-state index is 12.4. The largest absolute Gasteiger partial charge is 0.368 e. The van der Waals surface area contributed by atoms with Gasteiger partial charge in [0, 0.05) is 17.9 Å². The molecule has 2 aromatic rings. The lowest BCUT2D eigenvalue weighted by Gasteiger charge is -2.25. The van der Waals surface area contributed by atoms with Crippen molar-refractivity contribution in [2.75, 3.05) is 6.61 Å². The summed E-state index contributed by atoms with van der Waals surface area (Å²) in [6, 6.07) is 10.4. The maximum Gasteiger partial charge on any atom is 0.249 e. The molecule has 0 radical (unpaired) electrons. The van der Waals surface area contributed by atoms with Crippen molar-refractivity contribution in [1.82, 2.24) is 15.1 Å². The molecule has 1 amide bonds. The van der Waals surface area contributed by atoms with Gasteiger partial charge in [-0.25, -0.2) is 0 Å². The van der Waals surface area contributed by atoms with Gasteiger partial charge in [-0.1, -0.05) is 30.3 Å². The van der Waals surface area contributed by atoms with Crippen LogP contribution in [0.1, 0.15) is 48.5 Å². The van der Waals surface area contributed by atoms with Crippen molar-refractivity contribution < 1.29 is 9.53 Å². The number of hydrogen-bond acceptors (Lipinski definition) is 3. The van der Waals surface area contributed by atoms with Gasteiger partial charge in [-0.3, -0.25) is 9.48 Å². The number of benzene rings is 1. The van der Waals surface area contributed by atoms with Crippen LogP contribution >= 0.6 is 0 Å². The van der Waals surface area contributed by atoms with Crippen LogP contribution < -0.4 is 5.32 Å². The molecular weight excluding hydrogens is 302 g/mol. The molecule has 24 heavy (non-hydrogen) atoms. The van der Waals surface area contributed by atoms with Crippen molar-refractivity contribution in [3.8, 4) is 0 Å². The Morgan fingerprint density at radius 1 is 1.25 bits per heavy atom. The molecule has 1 aliphatic carbocycles. The van der Waals surface area contributed by atoms with Crippen molar-refractivity contribution in [1.29, 1.82) is 0 Å². The van der Waals surface area contributed by atoms with E-state index < -0.39 is 0 Å². The van der Waals surface area contributed by atoms with E-state index in [9.17, 15) is 4.79 Å². The first-order valence-electron chi connectivity index (χ1n) is 8.82. The highest BCUT2D eigenvalue weighted by Gasteiger charge is 2.29. The van der Waals surface area contributed by atoms with Gasteiger partial charge in [-0.15, -0.1) is 0 Å². The number of hydrogen-bond donors (Lipinski definition) is 1. The minimum atomic E-state index is -0.269. The zero-order valence-corrected chi connectivity index (χ0v) is 13.8. The van der Waals surface area contributed by atoms with Crippen molar-refractivity contribution in [3.63, 3.8) is 0 Å². The fraction of sp³-hybridized carbons (Fsp3) is 0.474. The quantitative estimate of drug-likeness (QED) is 0.940. The van der Waals surface area contributed by atoms with E-state index >= 15 is 0 Å². The number of fused-ring (bicyclic) bond motifs is 1. The van der Waals surface area contributed by atoms with Gasteiger partial charge in [-0.05, 0) is 37.7 Å². The highest BCUT2D eigenvalue weighted by atomic mass is 16.5. The molecule has 1 N–H and O–H groups in total. The second kappa shape index (κ2) is 6.77. The van der Waals surface area contributed by atoms with E-state index in [-0.39, 0.29) is 18.1 Å². The van der Waals surface area contributed by atoms with E-state index in [1.807, 2.05) is 12.3 Å². The summed E-state index contributed by atoms with van der Waals surface area (Å²) in [6.07, 6.45) is 6.54. The molecule has 1 aliphatic heterocycles. The van der Waals surface area contributed by atoms with Gasteiger partial charge < -0.3 is 10.1 Å². The minimum absolute atomic E-state index is 0.0289. The third-order valence-electron chi connectivity index (χ3n) is 4.98. The number of aromatic nitrogens is 2. The normalized spacial score (nSPS) is 23.0. The Bertz CT molecular complexity index is 705. The maximum absolute atomic E-state index is 12.4. The summed E-state index contributed by atoms with van der Waals surface area (Å²) in [5, 5.41) is 7.76. The van der Waals surface area contributed by atoms with Crippen LogP contribution in [0.15, 0.2) is 36.5 Å². The van der Waals surface area contributed by atoms with Crippen molar-refractivity contribution in [2.45, 2.75) is 50.8 Å².